The van der Waals surface area contributed by atoms with Crippen LogP contribution in [-0.4, -0.2) is 25.1 Å². The molecule has 0 fully saturated rings. The standard InChI is InChI=1S/C24H27N3O3/c1-16(2)22(27-24(29)26-20-7-5-4-6-8-20)23(28)25-15-17-9-10-19-14-21(30-3)12-11-18(19)13-17/h4-14,16,22H,15H2,1-3H3,(H,25,28)(H2,26,27,29). The van der Waals surface area contributed by atoms with Gasteiger partial charge in [0.15, 0.2) is 0 Å². The van der Waals surface area contributed by atoms with E-state index in [1.165, 1.54) is 0 Å². The summed E-state index contributed by atoms with van der Waals surface area (Å²) in [5.74, 6) is 0.529. The van der Waals surface area contributed by atoms with Crippen LogP contribution < -0.4 is 20.7 Å². The van der Waals surface area contributed by atoms with Gasteiger partial charge in [0.05, 0.1) is 7.11 Å². The summed E-state index contributed by atoms with van der Waals surface area (Å²) in [6, 6.07) is 20.0. The predicted molar refractivity (Wildman–Crippen MR) is 120 cm³/mol. The summed E-state index contributed by atoms with van der Waals surface area (Å²) in [6.45, 7) is 4.18. The molecule has 3 aromatic rings. The lowest BCUT2D eigenvalue weighted by atomic mass is 10.0. The van der Waals surface area contributed by atoms with Crippen LogP contribution in [-0.2, 0) is 11.3 Å². The molecule has 0 aliphatic heterocycles. The Balaban J connectivity index is 1.60. The van der Waals surface area contributed by atoms with E-state index in [0.29, 0.717) is 12.2 Å². The molecule has 0 aliphatic rings. The first-order valence-electron chi connectivity index (χ1n) is 9.93. The molecule has 0 radical (unpaired) electrons. The van der Waals surface area contributed by atoms with Crippen molar-refractivity contribution in [3.63, 3.8) is 0 Å². The Bertz CT molecular complexity index is 1020. The van der Waals surface area contributed by atoms with Crippen LogP contribution in [0.5, 0.6) is 5.75 Å². The van der Waals surface area contributed by atoms with Crippen LogP contribution in [0.1, 0.15) is 19.4 Å². The molecule has 0 saturated carbocycles. The summed E-state index contributed by atoms with van der Waals surface area (Å²) in [5.41, 5.74) is 1.66. The molecule has 0 saturated heterocycles. The van der Waals surface area contributed by atoms with Gasteiger partial charge in [-0.25, -0.2) is 4.79 Å². The number of carbonyl (C=O) groups excluding carboxylic acids is 2. The van der Waals surface area contributed by atoms with Crippen LogP contribution in [0.4, 0.5) is 10.5 Å². The number of para-hydroxylation sites is 1. The second-order valence-corrected chi connectivity index (χ2v) is 7.45. The van der Waals surface area contributed by atoms with Crippen LogP contribution in [0.2, 0.25) is 0 Å². The third-order valence-corrected chi connectivity index (χ3v) is 4.85. The van der Waals surface area contributed by atoms with E-state index in [-0.39, 0.29) is 11.8 Å². The maximum Gasteiger partial charge on any atom is 0.319 e. The number of amides is 3. The van der Waals surface area contributed by atoms with Gasteiger partial charge in [-0.1, -0.05) is 50.2 Å². The normalized spacial score (nSPS) is 11.7. The number of ether oxygens (including phenoxy) is 1. The number of carbonyl (C=O) groups is 2. The van der Waals surface area contributed by atoms with Crippen molar-refractivity contribution in [3.8, 4) is 5.75 Å². The molecule has 3 aromatic carbocycles. The van der Waals surface area contributed by atoms with Gasteiger partial charge in [0.2, 0.25) is 5.91 Å². The highest BCUT2D eigenvalue weighted by atomic mass is 16.5. The molecule has 6 heteroatoms. The van der Waals surface area contributed by atoms with E-state index in [9.17, 15) is 9.59 Å². The molecule has 0 bridgehead atoms. The third-order valence-electron chi connectivity index (χ3n) is 4.85. The Morgan fingerprint density at radius 2 is 1.63 bits per heavy atom. The zero-order valence-electron chi connectivity index (χ0n) is 17.4. The van der Waals surface area contributed by atoms with E-state index < -0.39 is 12.1 Å². The van der Waals surface area contributed by atoms with Crippen LogP contribution in [0.25, 0.3) is 10.8 Å². The van der Waals surface area contributed by atoms with Gasteiger partial charge < -0.3 is 20.7 Å². The minimum atomic E-state index is -0.640. The van der Waals surface area contributed by atoms with Gasteiger partial charge in [-0.3, -0.25) is 4.79 Å². The average molecular weight is 405 g/mol. The summed E-state index contributed by atoms with van der Waals surface area (Å²) >= 11 is 0. The Morgan fingerprint density at radius 3 is 2.33 bits per heavy atom. The summed E-state index contributed by atoms with van der Waals surface area (Å²) in [5, 5.41) is 10.6. The summed E-state index contributed by atoms with van der Waals surface area (Å²) in [6.07, 6.45) is 0. The Morgan fingerprint density at radius 1 is 0.933 bits per heavy atom. The van der Waals surface area contributed by atoms with Gasteiger partial charge in [-0.15, -0.1) is 0 Å². The number of nitrogens with one attached hydrogen (secondary N) is 3. The molecule has 0 aliphatic carbocycles. The van der Waals surface area contributed by atoms with Crippen LogP contribution in [0.15, 0.2) is 66.7 Å². The van der Waals surface area contributed by atoms with Crippen molar-refractivity contribution in [2.45, 2.75) is 26.4 Å². The molecular weight excluding hydrogens is 378 g/mol. The zero-order valence-corrected chi connectivity index (χ0v) is 17.4. The average Bonchev–Trinajstić information content (AvgIpc) is 2.75. The summed E-state index contributed by atoms with van der Waals surface area (Å²) in [4.78, 5) is 25.0. The Labute approximate surface area is 176 Å². The van der Waals surface area contributed by atoms with Crippen molar-refractivity contribution in [2.24, 2.45) is 5.92 Å². The van der Waals surface area contributed by atoms with Crippen molar-refractivity contribution in [1.29, 1.82) is 0 Å². The van der Waals surface area contributed by atoms with Gasteiger partial charge in [0, 0.05) is 12.2 Å². The Hall–Kier alpha value is -3.54. The quantitative estimate of drug-likeness (QED) is 0.548. The van der Waals surface area contributed by atoms with Crippen molar-refractivity contribution >= 4 is 28.4 Å². The Kier molecular flexibility index (Phi) is 6.91. The molecule has 1 atom stereocenters. The molecule has 0 spiro atoms. The van der Waals surface area contributed by atoms with E-state index in [0.717, 1.165) is 22.1 Å². The summed E-state index contributed by atoms with van der Waals surface area (Å²) in [7, 11) is 1.64. The summed E-state index contributed by atoms with van der Waals surface area (Å²) < 4.78 is 5.25. The fourth-order valence-corrected chi connectivity index (χ4v) is 3.17. The highest BCUT2D eigenvalue weighted by Crippen LogP contribution is 2.21. The van der Waals surface area contributed by atoms with Crippen molar-refractivity contribution < 1.29 is 14.3 Å². The van der Waals surface area contributed by atoms with Gasteiger partial charge in [0.25, 0.3) is 0 Å². The lowest BCUT2D eigenvalue weighted by Gasteiger charge is -2.22. The maximum absolute atomic E-state index is 12.7. The number of urea groups is 1. The van der Waals surface area contributed by atoms with Crippen LogP contribution in [0, 0.1) is 5.92 Å². The molecule has 3 rings (SSSR count). The molecule has 30 heavy (non-hydrogen) atoms. The van der Waals surface area contributed by atoms with Crippen LogP contribution in [0.3, 0.4) is 0 Å². The van der Waals surface area contributed by atoms with E-state index >= 15 is 0 Å². The van der Waals surface area contributed by atoms with Gasteiger partial charge in [0.1, 0.15) is 11.8 Å². The number of benzene rings is 3. The minimum Gasteiger partial charge on any atom is -0.497 e. The van der Waals surface area contributed by atoms with Gasteiger partial charge >= 0.3 is 6.03 Å². The lowest BCUT2D eigenvalue weighted by molar-refractivity contribution is -0.124. The largest absolute Gasteiger partial charge is 0.497 e. The maximum atomic E-state index is 12.7. The van der Waals surface area contributed by atoms with E-state index in [4.69, 9.17) is 4.74 Å². The second-order valence-electron chi connectivity index (χ2n) is 7.45. The first-order valence-corrected chi connectivity index (χ1v) is 9.93. The van der Waals surface area contributed by atoms with Crippen molar-refractivity contribution in [1.82, 2.24) is 10.6 Å². The minimum absolute atomic E-state index is 0.0596. The predicted octanol–water partition coefficient (Wildman–Crippen LogP) is 4.31. The fourth-order valence-electron chi connectivity index (χ4n) is 3.17. The molecular formula is C24H27N3O3. The second kappa shape index (κ2) is 9.78. The van der Waals surface area contributed by atoms with E-state index in [1.54, 1.807) is 19.2 Å². The number of anilines is 1. The fraction of sp³-hybridized carbons (Fsp3) is 0.250. The first kappa shape index (κ1) is 21.2. The monoisotopic (exact) mass is 405 g/mol. The topological polar surface area (TPSA) is 79.5 Å². The number of rotatable bonds is 7. The smallest absolute Gasteiger partial charge is 0.319 e. The number of hydrogen-bond donors (Lipinski definition) is 3. The van der Waals surface area contributed by atoms with Crippen molar-refractivity contribution in [3.05, 3.63) is 72.3 Å². The lowest BCUT2D eigenvalue weighted by Crippen LogP contribution is -2.50. The highest BCUT2D eigenvalue weighted by Gasteiger charge is 2.24. The van der Waals surface area contributed by atoms with E-state index in [2.05, 4.69) is 16.0 Å². The van der Waals surface area contributed by atoms with E-state index in [1.807, 2.05) is 68.4 Å². The molecule has 0 aromatic heterocycles. The van der Waals surface area contributed by atoms with Crippen molar-refractivity contribution in [2.75, 3.05) is 12.4 Å². The highest BCUT2D eigenvalue weighted by molar-refractivity contribution is 5.93. The molecule has 0 heterocycles. The van der Waals surface area contributed by atoms with Crippen LogP contribution >= 0.6 is 0 Å². The first-order chi connectivity index (χ1) is 14.5. The number of hydrogen-bond acceptors (Lipinski definition) is 3. The molecule has 1 unspecified atom stereocenters. The van der Waals surface area contributed by atoms with Gasteiger partial charge in [-0.05, 0) is 52.6 Å². The number of fused-ring (bicyclic) bond motifs is 1. The third kappa shape index (κ3) is 5.50. The molecule has 3 amide bonds. The molecule has 3 N–H and O–H groups in total. The SMILES string of the molecule is COc1ccc2cc(CNC(=O)C(NC(=O)Nc3ccccc3)C(C)C)ccc2c1. The molecule has 156 valence electrons. The number of methoxy groups -OCH3 is 1. The molecule has 6 nitrogen and oxygen atoms in total. The van der Waals surface area contributed by atoms with Gasteiger partial charge in [-0.2, -0.15) is 0 Å². The zero-order chi connectivity index (χ0) is 21.5.